The smallest absolute Gasteiger partial charge is 0.0431 e. The molecule has 1 aliphatic carbocycles. The predicted molar refractivity (Wildman–Crippen MR) is 80.4 cm³/mol. The van der Waals surface area contributed by atoms with E-state index in [4.69, 9.17) is 5.11 Å². The van der Waals surface area contributed by atoms with Gasteiger partial charge in [0, 0.05) is 18.7 Å². The van der Waals surface area contributed by atoms with Crippen molar-refractivity contribution in [2.24, 2.45) is 0 Å². The highest BCUT2D eigenvalue weighted by Gasteiger charge is 2.26. The van der Waals surface area contributed by atoms with Crippen LogP contribution in [0.15, 0.2) is 30.3 Å². The van der Waals surface area contributed by atoms with Crippen LogP contribution < -0.4 is 5.32 Å². The molecular formula is C17H27NO. The van der Waals surface area contributed by atoms with Crippen LogP contribution in [0.3, 0.4) is 0 Å². The lowest BCUT2D eigenvalue weighted by atomic mass is 9.79. The van der Waals surface area contributed by atoms with Crippen LogP contribution in [-0.2, 0) is 0 Å². The van der Waals surface area contributed by atoms with Gasteiger partial charge in [0.15, 0.2) is 0 Å². The van der Waals surface area contributed by atoms with Crippen molar-refractivity contribution in [1.29, 1.82) is 0 Å². The lowest BCUT2D eigenvalue weighted by Crippen LogP contribution is -2.42. The van der Waals surface area contributed by atoms with Gasteiger partial charge in [-0.05, 0) is 44.1 Å². The van der Waals surface area contributed by atoms with Gasteiger partial charge in [-0.2, -0.15) is 0 Å². The average Bonchev–Trinajstić information content (AvgIpc) is 2.46. The summed E-state index contributed by atoms with van der Waals surface area (Å²) in [4.78, 5) is 0. The molecule has 3 unspecified atom stereocenters. The first-order valence-electron chi connectivity index (χ1n) is 7.73. The van der Waals surface area contributed by atoms with Crippen molar-refractivity contribution in [2.45, 2.75) is 63.5 Å². The molecule has 1 fully saturated rings. The Morgan fingerprint density at radius 3 is 2.68 bits per heavy atom. The monoisotopic (exact) mass is 261 g/mol. The number of nitrogens with one attached hydrogen (secondary N) is 1. The average molecular weight is 261 g/mol. The first-order valence-corrected chi connectivity index (χ1v) is 7.73. The standard InChI is InChI=1S/C17H27NO/c1-14(8-7-13-19)18-17-12-6-5-11-16(17)15-9-3-2-4-10-15/h2-4,9-10,14,16-19H,5-8,11-13H2,1H3. The number of aliphatic hydroxyl groups is 1. The van der Waals surface area contributed by atoms with Crippen LogP contribution in [0.4, 0.5) is 0 Å². The van der Waals surface area contributed by atoms with Crippen molar-refractivity contribution in [2.75, 3.05) is 6.61 Å². The van der Waals surface area contributed by atoms with Gasteiger partial charge in [0.2, 0.25) is 0 Å². The predicted octanol–water partition coefficient (Wildman–Crippen LogP) is 3.46. The summed E-state index contributed by atoms with van der Waals surface area (Å²) < 4.78 is 0. The highest BCUT2D eigenvalue weighted by Crippen LogP contribution is 2.33. The third-order valence-electron chi connectivity index (χ3n) is 4.29. The molecule has 19 heavy (non-hydrogen) atoms. The van der Waals surface area contributed by atoms with E-state index in [1.165, 1.54) is 31.2 Å². The van der Waals surface area contributed by atoms with Crippen molar-refractivity contribution in [1.82, 2.24) is 5.32 Å². The molecule has 0 saturated heterocycles. The highest BCUT2D eigenvalue weighted by atomic mass is 16.2. The largest absolute Gasteiger partial charge is 0.396 e. The molecule has 1 aromatic carbocycles. The fourth-order valence-corrected chi connectivity index (χ4v) is 3.28. The summed E-state index contributed by atoms with van der Waals surface area (Å²) in [5.41, 5.74) is 1.48. The molecule has 2 rings (SSSR count). The molecule has 2 heteroatoms. The summed E-state index contributed by atoms with van der Waals surface area (Å²) >= 11 is 0. The van der Waals surface area contributed by atoms with Crippen LogP contribution in [0.1, 0.15) is 56.9 Å². The fraction of sp³-hybridized carbons (Fsp3) is 0.647. The van der Waals surface area contributed by atoms with Crippen molar-refractivity contribution in [3.8, 4) is 0 Å². The molecule has 1 aliphatic rings. The maximum Gasteiger partial charge on any atom is 0.0431 e. The minimum Gasteiger partial charge on any atom is -0.396 e. The Morgan fingerprint density at radius 1 is 1.21 bits per heavy atom. The van der Waals surface area contributed by atoms with Crippen molar-refractivity contribution in [3.63, 3.8) is 0 Å². The first kappa shape index (κ1) is 14.5. The molecule has 2 N–H and O–H groups in total. The summed E-state index contributed by atoms with van der Waals surface area (Å²) in [6, 6.07) is 12.0. The molecule has 0 heterocycles. The minimum absolute atomic E-state index is 0.304. The molecule has 0 spiro atoms. The third kappa shape index (κ3) is 4.32. The maximum absolute atomic E-state index is 8.92. The number of rotatable bonds is 6. The van der Waals surface area contributed by atoms with Crippen LogP contribution in [0.5, 0.6) is 0 Å². The zero-order valence-electron chi connectivity index (χ0n) is 12.0. The zero-order valence-corrected chi connectivity index (χ0v) is 12.0. The number of aliphatic hydroxyl groups excluding tert-OH is 1. The van der Waals surface area contributed by atoms with Crippen LogP contribution in [0.2, 0.25) is 0 Å². The lowest BCUT2D eigenvalue weighted by molar-refractivity contribution is 0.260. The molecule has 0 radical (unpaired) electrons. The fourth-order valence-electron chi connectivity index (χ4n) is 3.28. The van der Waals surface area contributed by atoms with E-state index < -0.39 is 0 Å². The van der Waals surface area contributed by atoms with Gasteiger partial charge in [-0.3, -0.25) is 0 Å². The summed E-state index contributed by atoms with van der Waals surface area (Å²) in [6.45, 7) is 2.55. The van der Waals surface area contributed by atoms with Crippen LogP contribution >= 0.6 is 0 Å². The molecule has 2 nitrogen and oxygen atoms in total. The summed E-state index contributed by atoms with van der Waals surface area (Å²) in [5, 5.41) is 12.7. The van der Waals surface area contributed by atoms with E-state index in [1.807, 2.05) is 0 Å². The molecule has 0 aromatic heterocycles. The summed E-state index contributed by atoms with van der Waals surface area (Å²) in [5.74, 6) is 0.659. The molecule has 1 aromatic rings. The van der Waals surface area contributed by atoms with Crippen LogP contribution in [0, 0.1) is 0 Å². The second-order valence-corrected chi connectivity index (χ2v) is 5.84. The van der Waals surface area contributed by atoms with E-state index in [0.717, 1.165) is 12.8 Å². The molecule has 1 saturated carbocycles. The minimum atomic E-state index is 0.304. The van der Waals surface area contributed by atoms with E-state index in [0.29, 0.717) is 24.6 Å². The van der Waals surface area contributed by atoms with Crippen LogP contribution in [0.25, 0.3) is 0 Å². The second kappa shape index (κ2) is 7.66. The van der Waals surface area contributed by atoms with E-state index in [9.17, 15) is 0 Å². The number of hydrogen-bond acceptors (Lipinski definition) is 2. The first-order chi connectivity index (χ1) is 9.31. The van der Waals surface area contributed by atoms with Crippen molar-refractivity contribution >= 4 is 0 Å². The Kier molecular flexibility index (Phi) is 5.87. The van der Waals surface area contributed by atoms with E-state index in [-0.39, 0.29) is 0 Å². The van der Waals surface area contributed by atoms with Crippen LogP contribution in [-0.4, -0.2) is 23.8 Å². The van der Waals surface area contributed by atoms with Gasteiger partial charge in [-0.25, -0.2) is 0 Å². The van der Waals surface area contributed by atoms with E-state index in [2.05, 4.69) is 42.6 Å². The molecule has 106 valence electrons. The number of benzene rings is 1. The van der Waals surface area contributed by atoms with Gasteiger partial charge in [0.1, 0.15) is 0 Å². The Labute approximate surface area is 117 Å². The van der Waals surface area contributed by atoms with Gasteiger partial charge >= 0.3 is 0 Å². The van der Waals surface area contributed by atoms with Crippen molar-refractivity contribution in [3.05, 3.63) is 35.9 Å². The van der Waals surface area contributed by atoms with Gasteiger partial charge in [-0.15, -0.1) is 0 Å². The topological polar surface area (TPSA) is 32.3 Å². The summed E-state index contributed by atoms with van der Waals surface area (Å²) in [7, 11) is 0. The van der Waals surface area contributed by atoms with Crippen molar-refractivity contribution < 1.29 is 5.11 Å². The highest BCUT2D eigenvalue weighted by molar-refractivity contribution is 5.22. The number of hydrogen-bond donors (Lipinski definition) is 2. The maximum atomic E-state index is 8.92. The molecular weight excluding hydrogens is 234 g/mol. The van der Waals surface area contributed by atoms with Gasteiger partial charge < -0.3 is 10.4 Å². The van der Waals surface area contributed by atoms with Gasteiger partial charge in [0.05, 0.1) is 0 Å². The second-order valence-electron chi connectivity index (χ2n) is 5.84. The zero-order chi connectivity index (χ0) is 13.5. The molecule has 3 atom stereocenters. The lowest BCUT2D eigenvalue weighted by Gasteiger charge is -2.35. The Morgan fingerprint density at radius 2 is 1.95 bits per heavy atom. The SMILES string of the molecule is CC(CCCO)NC1CCCCC1c1ccccc1. The molecule has 0 amide bonds. The molecule has 0 bridgehead atoms. The van der Waals surface area contributed by atoms with E-state index >= 15 is 0 Å². The Balaban J connectivity index is 1.96. The Bertz CT molecular complexity index is 352. The Hall–Kier alpha value is -0.860. The van der Waals surface area contributed by atoms with Gasteiger partial charge in [0.25, 0.3) is 0 Å². The third-order valence-corrected chi connectivity index (χ3v) is 4.29. The quantitative estimate of drug-likeness (QED) is 0.822. The summed E-state index contributed by atoms with van der Waals surface area (Å²) in [6.07, 6.45) is 7.24. The normalized spacial score (nSPS) is 25.2. The molecule has 0 aliphatic heterocycles. The van der Waals surface area contributed by atoms with Gasteiger partial charge in [-0.1, -0.05) is 43.2 Å². The van der Waals surface area contributed by atoms with E-state index in [1.54, 1.807) is 0 Å².